The van der Waals surface area contributed by atoms with Crippen LogP contribution >= 0.6 is 22.9 Å². The molecule has 2 aromatic heterocycles. The third-order valence-electron chi connectivity index (χ3n) is 5.79. The van der Waals surface area contributed by atoms with Gasteiger partial charge in [-0.1, -0.05) is 17.7 Å². The molecular weight excluding hydrogens is 496 g/mol. The van der Waals surface area contributed by atoms with Crippen LogP contribution < -0.4 is 4.72 Å². The summed E-state index contributed by atoms with van der Waals surface area (Å²) in [6.07, 6.45) is 5.09. The highest BCUT2D eigenvalue weighted by Gasteiger charge is 2.34. The highest BCUT2D eigenvalue weighted by atomic mass is 35.5. The van der Waals surface area contributed by atoms with E-state index in [-0.39, 0.29) is 22.6 Å². The molecule has 1 unspecified atom stereocenters. The van der Waals surface area contributed by atoms with E-state index < -0.39 is 16.1 Å². The highest BCUT2D eigenvalue weighted by molar-refractivity contribution is 7.91. The lowest BCUT2D eigenvalue weighted by molar-refractivity contribution is -0.142. The van der Waals surface area contributed by atoms with E-state index in [2.05, 4.69) is 9.71 Å². The Kier molecular flexibility index (Phi) is 7.51. The minimum atomic E-state index is -3.90. The minimum absolute atomic E-state index is 0.0781. The fourth-order valence-corrected chi connectivity index (χ4v) is 6.73. The van der Waals surface area contributed by atoms with E-state index in [4.69, 9.17) is 11.6 Å². The number of amides is 2. The smallest absolute Gasteiger partial charge is 0.250 e. The van der Waals surface area contributed by atoms with Crippen LogP contribution in [0.1, 0.15) is 18.4 Å². The van der Waals surface area contributed by atoms with Gasteiger partial charge in [-0.2, -0.15) is 4.72 Å². The average Bonchev–Trinajstić information content (AvgIpc) is 3.25. The molecule has 1 aliphatic rings. The molecule has 1 aliphatic heterocycles. The Morgan fingerprint density at radius 3 is 2.79 bits per heavy atom. The molecule has 0 radical (unpaired) electrons. The van der Waals surface area contributed by atoms with Crippen molar-refractivity contribution in [3.8, 4) is 0 Å². The number of likely N-dealkylation sites (tertiary alicyclic amines) is 1. The van der Waals surface area contributed by atoms with Gasteiger partial charge in [-0.25, -0.2) is 8.42 Å². The molecule has 1 N–H and O–H groups in total. The molecule has 8 nitrogen and oxygen atoms in total. The van der Waals surface area contributed by atoms with E-state index in [1.807, 2.05) is 12.1 Å². The van der Waals surface area contributed by atoms with Gasteiger partial charge in [-0.05, 0) is 60.5 Å². The van der Waals surface area contributed by atoms with E-state index in [1.54, 1.807) is 48.6 Å². The van der Waals surface area contributed by atoms with Crippen molar-refractivity contribution in [1.29, 1.82) is 0 Å². The second-order valence-corrected chi connectivity index (χ2v) is 11.7. The lowest BCUT2D eigenvalue weighted by atomic mass is 10.1. The SMILES string of the molecule is CN(CCc1ccncc1)C(=O)CN1CCCC(NS(=O)(=O)c2cc3ccc(Cl)cc3s2)C1=O. The van der Waals surface area contributed by atoms with Gasteiger partial charge in [0.2, 0.25) is 11.8 Å². The van der Waals surface area contributed by atoms with E-state index in [0.29, 0.717) is 37.4 Å². The molecule has 1 fully saturated rings. The van der Waals surface area contributed by atoms with E-state index >= 15 is 0 Å². The summed E-state index contributed by atoms with van der Waals surface area (Å²) in [6.45, 7) is 0.852. The number of likely N-dealkylation sites (N-methyl/N-ethyl adjacent to an activating group) is 1. The van der Waals surface area contributed by atoms with Crippen LogP contribution in [0.4, 0.5) is 0 Å². The zero-order chi connectivity index (χ0) is 24.3. The maximum Gasteiger partial charge on any atom is 0.250 e. The van der Waals surface area contributed by atoms with Crippen LogP contribution in [0.5, 0.6) is 0 Å². The number of carbonyl (C=O) groups excluding carboxylic acids is 2. The second-order valence-electron chi connectivity index (χ2n) is 8.24. The van der Waals surface area contributed by atoms with Gasteiger partial charge in [-0.3, -0.25) is 14.6 Å². The number of hydrogen-bond donors (Lipinski definition) is 1. The maximum atomic E-state index is 13.0. The average molecular weight is 521 g/mol. The standard InChI is InChI=1S/C23H25ClN4O4S2/c1-27(12-8-16-6-9-25-10-7-16)21(29)15-28-11-2-3-19(23(28)30)26-34(31,32)22-13-17-4-5-18(24)14-20(17)33-22/h4-7,9-10,13-14,19,26H,2-3,8,11-12,15H2,1H3. The first-order valence-electron chi connectivity index (χ1n) is 10.9. The van der Waals surface area contributed by atoms with Crippen LogP contribution in [0.2, 0.25) is 5.02 Å². The van der Waals surface area contributed by atoms with Crippen LogP contribution in [0.15, 0.2) is 53.0 Å². The van der Waals surface area contributed by atoms with E-state index in [0.717, 1.165) is 27.0 Å². The maximum absolute atomic E-state index is 13.0. The van der Waals surface area contributed by atoms with Gasteiger partial charge in [0.15, 0.2) is 0 Å². The number of piperidine rings is 1. The number of halogens is 1. The Bertz CT molecular complexity index is 1300. The zero-order valence-corrected chi connectivity index (χ0v) is 21.0. The number of hydrogen-bond acceptors (Lipinski definition) is 6. The van der Waals surface area contributed by atoms with Gasteiger partial charge in [0.1, 0.15) is 10.3 Å². The quantitative estimate of drug-likeness (QED) is 0.492. The van der Waals surface area contributed by atoms with Crippen molar-refractivity contribution in [2.24, 2.45) is 0 Å². The number of fused-ring (bicyclic) bond motifs is 1. The zero-order valence-electron chi connectivity index (χ0n) is 18.6. The Morgan fingerprint density at radius 1 is 1.26 bits per heavy atom. The molecule has 0 aliphatic carbocycles. The molecule has 0 saturated carbocycles. The van der Waals surface area contributed by atoms with Crippen molar-refractivity contribution >= 4 is 54.9 Å². The third kappa shape index (κ3) is 5.75. The van der Waals surface area contributed by atoms with Gasteiger partial charge in [0.25, 0.3) is 10.0 Å². The van der Waals surface area contributed by atoms with Crippen LogP contribution in [0.3, 0.4) is 0 Å². The number of aromatic nitrogens is 1. The van der Waals surface area contributed by atoms with Crippen molar-refractivity contribution in [2.45, 2.75) is 29.5 Å². The first-order valence-corrected chi connectivity index (χ1v) is 13.5. The predicted molar refractivity (Wildman–Crippen MR) is 132 cm³/mol. The number of nitrogens with zero attached hydrogens (tertiary/aromatic N) is 3. The van der Waals surface area contributed by atoms with Crippen molar-refractivity contribution < 1.29 is 18.0 Å². The van der Waals surface area contributed by atoms with Crippen LogP contribution in [0, 0.1) is 0 Å². The van der Waals surface area contributed by atoms with Gasteiger partial charge in [0.05, 0.1) is 6.54 Å². The molecule has 3 heterocycles. The summed E-state index contributed by atoms with van der Waals surface area (Å²) in [7, 11) is -2.20. The summed E-state index contributed by atoms with van der Waals surface area (Å²) in [5, 5.41) is 1.30. The fourth-order valence-electron chi connectivity index (χ4n) is 3.82. The molecule has 1 saturated heterocycles. The van der Waals surface area contributed by atoms with Crippen molar-refractivity contribution in [3.05, 3.63) is 59.4 Å². The lowest BCUT2D eigenvalue weighted by Gasteiger charge is -2.33. The third-order valence-corrected chi connectivity index (χ3v) is 9.07. The van der Waals surface area contributed by atoms with Gasteiger partial charge in [0, 0.05) is 42.3 Å². The largest absolute Gasteiger partial charge is 0.344 e. The summed E-state index contributed by atoms with van der Waals surface area (Å²) in [5.74, 6) is -0.567. The number of carbonyl (C=O) groups is 2. The molecular formula is C23H25ClN4O4S2. The van der Waals surface area contributed by atoms with E-state index in [1.165, 1.54) is 4.90 Å². The Hall–Kier alpha value is -2.53. The topological polar surface area (TPSA) is 99.7 Å². The van der Waals surface area contributed by atoms with Crippen LogP contribution in [-0.4, -0.2) is 67.7 Å². The normalized spacial score (nSPS) is 16.7. The molecule has 1 atom stereocenters. The van der Waals surface area contributed by atoms with Crippen LogP contribution in [0.25, 0.3) is 10.1 Å². The summed E-state index contributed by atoms with van der Waals surface area (Å²) in [4.78, 5) is 32.7. The molecule has 11 heteroatoms. The Morgan fingerprint density at radius 2 is 2.03 bits per heavy atom. The molecule has 1 aromatic carbocycles. The van der Waals surface area contributed by atoms with Crippen molar-refractivity contribution in [3.63, 3.8) is 0 Å². The number of benzene rings is 1. The van der Waals surface area contributed by atoms with Gasteiger partial charge >= 0.3 is 0 Å². The number of sulfonamides is 1. The first kappa shape index (κ1) is 24.6. The number of rotatable bonds is 8. The summed E-state index contributed by atoms with van der Waals surface area (Å²) in [5.41, 5.74) is 1.07. The van der Waals surface area contributed by atoms with Crippen molar-refractivity contribution in [1.82, 2.24) is 19.5 Å². The first-order chi connectivity index (χ1) is 16.2. The fraction of sp³-hybridized carbons (Fsp3) is 0.348. The lowest BCUT2D eigenvalue weighted by Crippen LogP contribution is -2.54. The molecule has 3 aromatic rings. The Labute approximate surface area is 207 Å². The highest BCUT2D eigenvalue weighted by Crippen LogP contribution is 2.31. The number of nitrogens with one attached hydrogen (secondary N) is 1. The van der Waals surface area contributed by atoms with Gasteiger partial charge in [-0.15, -0.1) is 11.3 Å². The summed E-state index contributed by atoms with van der Waals surface area (Å²) < 4.78 is 29.4. The molecule has 180 valence electrons. The monoisotopic (exact) mass is 520 g/mol. The molecule has 4 rings (SSSR count). The molecule has 0 spiro atoms. The van der Waals surface area contributed by atoms with E-state index in [9.17, 15) is 18.0 Å². The van der Waals surface area contributed by atoms with Gasteiger partial charge < -0.3 is 9.80 Å². The molecule has 2 amide bonds. The van der Waals surface area contributed by atoms with Crippen molar-refractivity contribution in [2.75, 3.05) is 26.7 Å². The second kappa shape index (κ2) is 10.4. The summed E-state index contributed by atoms with van der Waals surface area (Å²) in [6, 6.07) is 9.65. The molecule has 0 bridgehead atoms. The number of pyridine rings is 1. The van der Waals surface area contributed by atoms with Crippen LogP contribution in [-0.2, 0) is 26.0 Å². The predicted octanol–water partition coefficient (Wildman–Crippen LogP) is 2.92. The molecule has 34 heavy (non-hydrogen) atoms. The summed E-state index contributed by atoms with van der Waals surface area (Å²) >= 11 is 7.11. The minimum Gasteiger partial charge on any atom is -0.344 e. The number of thiophene rings is 1. The Balaban J connectivity index is 1.37.